The number of likely N-dealkylation sites (N-methyl/N-ethyl adjacent to an activating group) is 1. The molecule has 0 saturated heterocycles. The van der Waals surface area contributed by atoms with E-state index in [4.69, 9.17) is 21.6 Å². The van der Waals surface area contributed by atoms with Gasteiger partial charge in [-0.25, -0.2) is 0 Å². The van der Waals surface area contributed by atoms with Crippen LogP contribution in [0, 0.1) is 11.3 Å². The molecule has 0 heterocycles. The highest BCUT2D eigenvalue weighted by Crippen LogP contribution is 2.10. The van der Waals surface area contributed by atoms with Crippen LogP contribution in [0.3, 0.4) is 0 Å². The maximum atomic E-state index is 11.6. The zero-order valence-corrected chi connectivity index (χ0v) is 11.0. The third-order valence-corrected chi connectivity index (χ3v) is 2.64. The van der Waals surface area contributed by atoms with Gasteiger partial charge in [0.1, 0.15) is 6.61 Å². The van der Waals surface area contributed by atoms with E-state index < -0.39 is 0 Å². The normalized spacial score (nSPS) is 9.83. The van der Waals surface area contributed by atoms with Crippen LogP contribution < -0.4 is 0 Å². The number of amides is 1. The van der Waals surface area contributed by atoms with Crippen LogP contribution in [-0.4, -0.2) is 31.0 Å². The van der Waals surface area contributed by atoms with Crippen molar-refractivity contribution >= 4 is 17.5 Å². The van der Waals surface area contributed by atoms with Gasteiger partial charge in [-0.15, -0.1) is 0 Å². The molecule has 0 spiro atoms. The summed E-state index contributed by atoms with van der Waals surface area (Å²) < 4.78 is 5.31. The van der Waals surface area contributed by atoms with Crippen molar-refractivity contribution in [3.05, 3.63) is 34.9 Å². The summed E-state index contributed by atoms with van der Waals surface area (Å²) in [4.78, 5) is 13.1. The van der Waals surface area contributed by atoms with Gasteiger partial charge in [0.15, 0.2) is 0 Å². The number of carbonyl (C=O) groups is 1. The van der Waals surface area contributed by atoms with Gasteiger partial charge in [-0.3, -0.25) is 4.79 Å². The predicted molar refractivity (Wildman–Crippen MR) is 69.0 cm³/mol. The molecule has 1 aromatic carbocycles. The summed E-state index contributed by atoms with van der Waals surface area (Å²) >= 11 is 5.76. The fourth-order valence-corrected chi connectivity index (χ4v) is 1.42. The molecule has 1 aromatic rings. The molecular weight excluding hydrogens is 252 g/mol. The summed E-state index contributed by atoms with van der Waals surface area (Å²) in [6.45, 7) is 0.819. The van der Waals surface area contributed by atoms with Crippen LogP contribution in [0.25, 0.3) is 0 Å². The molecule has 0 bridgehead atoms. The maximum Gasteiger partial charge on any atom is 0.248 e. The second kappa shape index (κ2) is 7.70. The summed E-state index contributed by atoms with van der Waals surface area (Å²) in [6, 6.07) is 9.26. The minimum atomic E-state index is -0.126. The highest BCUT2D eigenvalue weighted by molar-refractivity contribution is 6.30. The van der Waals surface area contributed by atoms with Gasteiger partial charge in [0.25, 0.3) is 0 Å². The summed E-state index contributed by atoms with van der Waals surface area (Å²) in [5, 5.41) is 9.09. The SMILES string of the molecule is CN(CCC#N)C(=O)COCc1ccc(Cl)cc1. The van der Waals surface area contributed by atoms with Gasteiger partial charge in [0, 0.05) is 18.6 Å². The topological polar surface area (TPSA) is 53.3 Å². The number of benzene rings is 1. The molecule has 1 amide bonds. The Labute approximate surface area is 112 Å². The largest absolute Gasteiger partial charge is 0.367 e. The molecule has 96 valence electrons. The summed E-state index contributed by atoms with van der Waals surface area (Å²) in [6.07, 6.45) is 0.333. The van der Waals surface area contributed by atoms with E-state index in [2.05, 4.69) is 0 Å². The lowest BCUT2D eigenvalue weighted by Gasteiger charge is -2.15. The van der Waals surface area contributed by atoms with Crippen LogP contribution in [0.2, 0.25) is 5.02 Å². The van der Waals surface area contributed by atoms with Crippen LogP contribution in [0.15, 0.2) is 24.3 Å². The third-order valence-electron chi connectivity index (χ3n) is 2.39. The summed E-state index contributed by atoms with van der Waals surface area (Å²) in [5.74, 6) is -0.126. The Kier molecular flexibility index (Phi) is 6.20. The Bertz CT molecular complexity index is 426. The molecule has 5 heteroatoms. The van der Waals surface area contributed by atoms with Gasteiger partial charge in [-0.1, -0.05) is 23.7 Å². The van der Waals surface area contributed by atoms with E-state index in [-0.39, 0.29) is 12.5 Å². The first-order chi connectivity index (χ1) is 8.63. The molecule has 0 aliphatic carbocycles. The van der Waals surface area contributed by atoms with E-state index >= 15 is 0 Å². The Morgan fingerprint density at radius 3 is 2.72 bits per heavy atom. The average Bonchev–Trinajstić information content (AvgIpc) is 2.38. The smallest absolute Gasteiger partial charge is 0.248 e. The molecular formula is C13H15ClN2O2. The summed E-state index contributed by atoms with van der Waals surface area (Å²) in [7, 11) is 1.66. The number of rotatable bonds is 6. The molecule has 0 radical (unpaired) electrons. The van der Waals surface area contributed by atoms with E-state index in [9.17, 15) is 4.79 Å². The Morgan fingerprint density at radius 2 is 2.11 bits per heavy atom. The molecule has 18 heavy (non-hydrogen) atoms. The number of hydrogen-bond donors (Lipinski definition) is 0. The quantitative estimate of drug-likeness (QED) is 0.793. The van der Waals surface area contributed by atoms with Crippen LogP contribution in [0.1, 0.15) is 12.0 Å². The van der Waals surface area contributed by atoms with Crippen molar-refractivity contribution < 1.29 is 9.53 Å². The Hall–Kier alpha value is -1.57. The van der Waals surface area contributed by atoms with E-state index in [1.54, 1.807) is 19.2 Å². The van der Waals surface area contributed by atoms with Gasteiger partial charge in [-0.05, 0) is 17.7 Å². The highest BCUT2D eigenvalue weighted by atomic mass is 35.5. The van der Waals surface area contributed by atoms with Gasteiger partial charge >= 0.3 is 0 Å². The monoisotopic (exact) mass is 266 g/mol. The molecule has 0 aliphatic heterocycles. The van der Waals surface area contributed by atoms with Crippen LogP contribution in [0.4, 0.5) is 0 Å². The van der Waals surface area contributed by atoms with Crippen LogP contribution in [-0.2, 0) is 16.1 Å². The van der Waals surface area contributed by atoms with E-state index in [1.165, 1.54) is 4.90 Å². The minimum absolute atomic E-state index is 0.0184. The lowest BCUT2D eigenvalue weighted by Crippen LogP contribution is -2.31. The fraction of sp³-hybridized carbons (Fsp3) is 0.385. The standard InChI is InChI=1S/C13H15ClN2O2/c1-16(8-2-7-15)13(17)10-18-9-11-3-5-12(14)6-4-11/h3-6H,2,8-10H2,1H3. The molecule has 0 fully saturated rings. The first-order valence-electron chi connectivity index (χ1n) is 5.56. The lowest BCUT2D eigenvalue weighted by molar-refractivity contribution is -0.135. The Balaban J connectivity index is 2.27. The van der Waals surface area contributed by atoms with Crippen molar-refractivity contribution in [2.24, 2.45) is 0 Å². The van der Waals surface area contributed by atoms with Crippen molar-refractivity contribution in [2.75, 3.05) is 20.2 Å². The second-order valence-electron chi connectivity index (χ2n) is 3.84. The zero-order valence-electron chi connectivity index (χ0n) is 10.2. The maximum absolute atomic E-state index is 11.6. The first kappa shape index (κ1) is 14.5. The molecule has 0 atom stereocenters. The fourth-order valence-electron chi connectivity index (χ4n) is 1.29. The van der Waals surface area contributed by atoms with Crippen LogP contribution >= 0.6 is 11.6 Å². The van der Waals surface area contributed by atoms with Crippen molar-refractivity contribution in [2.45, 2.75) is 13.0 Å². The predicted octanol–water partition coefficient (Wildman–Crippen LogP) is 2.23. The minimum Gasteiger partial charge on any atom is -0.367 e. The molecule has 4 nitrogen and oxygen atoms in total. The number of halogens is 1. The average molecular weight is 267 g/mol. The number of carbonyl (C=O) groups excluding carboxylic acids is 1. The van der Waals surface area contributed by atoms with Gasteiger partial charge in [0.2, 0.25) is 5.91 Å². The number of hydrogen-bond acceptors (Lipinski definition) is 3. The van der Waals surface area contributed by atoms with Gasteiger partial charge in [0.05, 0.1) is 19.1 Å². The third kappa shape index (κ3) is 5.17. The van der Waals surface area contributed by atoms with E-state index in [0.717, 1.165) is 5.56 Å². The lowest BCUT2D eigenvalue weighted by atomic mass is 10.2. The zero-order chi connectivity index (χ0) is 13.4. The first-order valence-corrected chi connectivity index (χ1v) is 5.94. The summed E-state index contributed by atoms with van der Waals surface area (Å²) in [5.41, 5.74) is 0.965. The molecule has 0 unspecified atom stereocenters. The van der Waals surface area contributed by atoms with E-state index in [0.29, 0.717) is 24.6 Å². The van der Waals surface area contributed by atoms with Crippen molar-refractivity contribution in [1.82, 2.24) is 4.90 Å². The van der Waals surface area contributed by atoms with Crippen molar-refractivity contribution in [1.29, 1.82) is 5.26 Å². The molecule has 0 N–H and O–H groups in total. The van der Waals surface area contributed by atoms with Gasteiger partial charge in [-0.2, -0.15) is 5.26 Å². The number of nitrogens with zero attached hydrogens (tertiary/aromatic N) is 2. The number of ether oxygens (including phenoxy) is 1. The van der Waals surface area contributed by atoms with E-state index in [1.807, 2.05) is 18.2 Å². The van der Waals surface area contributed by atoms with Crippen molar-refractivity contribution in [3.63, 3.8) is 0 Å². The number of nitriles is 1. The second-order valence-corrected chi connectivity index (χ2v) is 4.28. The Morgan fingerprint density at radius 1 is 1.44 bits per heavy atom. The molecule has 1 rings (SSSR count). The molecule has 0 saturated carbocycles. The molecule has 0 aliphatic rings. The van der Waals surface area contributed by atoms with Crippen LogP contribution in [0.5, 0.6) is 0 Å². The molecule has 0 aromatic heterocycles. The highest BCUT2D eigenvalue weighted by Gasteiger charge is 2.07. The van der Waals surface area contributed by atoms with Crippen molar-refractivity contribution in [3.8, 4) is 6.07 Å². The van der Waals surface area contributed by atoms with Gasteiger partial charge < -0.3 is 9.64 Å².